The molecule has 0 N–H and O–H groups in total. The fourth-order valence-electron chi connectivity index (χ4n) is 4.80. The quantitative estimate of drug-likeness (QED) is 0.626. The average molecular weight is 428 g/mol. The number of carbonyl (C=O) groups excluding carboxylic acids is 2. The van der Waals surface area contributed by atoms with Crippen LogP contribution in [0.5, 0.6) is 0 Å². The summed E-state index contributed by atoms with van der Waals surface area (Å²) in [7, 11) is 1.78. The Morgan fingerprint density at radius 3 is 1.97 bits per heavy atom. The van der Waals surface area contributed by atoms with Crippen LogP contribution in [0.15, 0.2) is 91.0 Å². The summed E-state index contributed by atoms with van der Waals surface area (Å²) in [6, 6.07) is 28.8. The van der Waals surface area contributed by atoms with E-state index in [4.69, 9.17) is 4.74 Å². The summed E-state index contributed by atoms with van der Waals surface area (Å²) in [6.07, 6.45) is -0.341. The molecule has 1 unspecified atom stereocenters. The maximum Gasteiger partial charge on any atom is 0.411 e. The van der Waals surface area contributed by atoms with E-state index in [0.717, 1.165) is 16.8 Å². The van der Waals surface area contributed by atoms with E-state index in [1.807, 2.05) is 95.9 Å². The number of anilines is 1. The Morgan fingerprint density at radius 2 is 1.41 bits per heavy atom. The lowest BCUT2D eigenvalue weighted by atomic mass is 9.79. The molecule has 3 amide bonds. The molecule has 3 aromatic carbocycles. The Labute approximate surface area is 187 Å². The van der Waals surface area contributed by atoms with Crippen LogP contribution in [0, 0.1) is 0 Å². The lowest BCUT2D eigenvalue weighted by Gasteiger charge is -2.43. The molecule has 2 aliphatic rings. The molecule has 2 heterocycles. The summed E-state index contributed by atoms with van der Waals surface area (Å²) in [5.74, 6) is 0. The monoisotopic (exact) mass is 427 g/mol. The second-order valence-electron chi connectivity index (χ2n) is 8.17. The van der Waals surface area contributed by atoms with Crippen molar-refractivity contribution in [3.63, 3.8) is 0 Å². The Morgan fingerprint density at radius 1 is 0.875 bits per heavy atom. The van der Waals surface area contributed by atoms with Crippen molar-refractivity contribution in [2.75, 3.05) is 31.6 Å². The van der Waals surface area contributed by atoms with Crippen LogP contribution in [-0.4, -0.2) is 54.6 Å². The Hall–Kier alpha value is -3.80. The van der Waals surface area contributed by atoms with Crippen LogP contribution in [0.1, 0.15) is 11.1 Å². The van der Waals surface area contributed by atoms with Gasteiger partial charge in [0.2, 0.25) is 0 Å². The molecule has 0 aliphatic carbocycles. The molecular weight excluding hydrogens is 402 g/mol. The average Bonchev–Trinajstić information content (AvgIpc) is 3.17. The first-order valence-corrected chi connectivity index (χ1v) is 10.8. The lowest BCUT2D eigenvalue weighted by Crippen LogP contribution is -2.60. The Bertz CT molecular complexity index is 1070. The van der Waals surface area contributed by atoms with Gasteiger partial charge in [0.05, 0.1) is 0 Å². The van der Waals surface area contributed by atoms with Crippen LogP contribution < -0.4 is 4.90 Å². The molecule has 2 fully saturated rings. The molecule has 6 heteroatoms. The maximum absolute atomic E-state index is 13.4. The minimum absolute atomic E-state index is 0.0924. The maximum atomic E-state index is 13.4. The highest BCUT2D eigenvalue weighted by Crippen LogP contribution is 2.45. The molecule has 162 valence electrons. The number of amides is 3. The third-order valence-electron chi connectivity index (χ3n) is 6.44. The molecule has 2 aliphatic heterocycles. The zero-order valence-electron chi connectivity index (χ0n) is 17.9. The first-order valence-electron chi connectivity index (χ1n) is 10.8. The zero-order chi connectivity index (χ0) is 22.1. The summed E-state index contributed by atoms with van der Waals surface area (Å²) in [5.41, 5.74) is 1.65. The number of cyclic esters (lactones) is 1. The summed E-state index contributed by atoms with van der Waals surface area (Å²) >= 11 is 0. The van der Waals surface area contributed by atoms with Gasteiger partial charge in [-0.3, -0.25) is 9.80 Å². The Kier molecular flexibility index (Phi) is 5.05. The van der Waals surface area contributed by atoms with Crippen LogP contribution in [0.2, 0.25) is 0 Å². The van der Waals surface area contributed by atoms with Crippen LogP contribution in [0.3, 0.4) is 0 Å². The number of benzene rings is 3. The zero-order valence-corrected chi connectivity index (χ0v) is 17.9. The SMILES string of the molecule is CN(C(=O)N1CCN2C(=O)OC(c3ccccc3)(c3ccccc3)C2C1)c1ccccc1. The predicted octanol–water partition coefficient (Wildman–Crippen LogP) is 4.32. The van der Waals surface area contributed by atoms with Gasteiger partial charge in [-0.15, -0.1) is 0 Å². The van der Waals surface area contributed by atoms with E-state index < -0.39 is 5.60 Å². The van der Waals surface area contributed by atoms with E-state index in [9.17, 15) is 9.59 Å². The molecule has 0 saturated carbocycles. The highest BCUT2D eigenvalue weighted by Gasteiger charge is 2.58. The van der Waals surface area contributed by atoms with E-state index in [1.165, 1.54) is 0 Å². The van der Waals surface area contributed by atoms with E-state index in [-0.39, 0.29) is 18.2 Å². The number of nitrogens with zero attached hydrogens (tertiary/aromatic N) is 3. The smallest absolute Gasteiger partial charge is 0.411 e. The number of urea groups is 1. The van der Waals surface area contributed by atoms with E-state index in [0.29, 0.717) is 19.6 Å². The van der Waals surface area contributed by atoms with Crippen LogP contribution >= 0.6 is 0 Å². The Balaban J connectivity index is 1.53. The number of carbonyl (C=O) groups is 2. The van der Waals surface area contributed by atoms with E-state index >= 15 is 0 Å². The number of hydrogen-bond acceptors (Lipinski definition) is 3. The topological polar surface area (TPSA) is 53.1 Å². The summed E-state index contributed by atoms with van der Waals surface area (Å²) in [5, 5.41) is 0. The van der Waals surface area contributed by atoms with Crippen molar-refractivity contribution in [2.24, 2.45) is 0 Å². The predicted molar refractivity (Wildman–Crippen MR) is 122 cm³/mol. The van der Waals surface area contributed by atoms with Gasteiger partial charge in [-0.25, -0.2) is 9.59 Å². The normalized spacial score (nSPS) is 19.3. The summed E-state index contributed by atoms with van der Waals surface area (Å²) in [6.45, 7) is 1.27. The number of ether oxygens (including phenoxy) is 1. The third-order valence-corrected chi connectivity index (χ3v) is 6.44. The molecule has 3 aromatic rings. The molecule has 0 aromatic heterocycles. The van der Waals surface area contributed by atoms with Gasteiger partial charge >= 0.3 is 12.1 Å². The van der Waals surface area contributed by atoms with E-state index in [1.54, 1.807) is 16.8 Å². The molecule has 32 heavy (non-hydrogen) atoms. The largest absolute Gasteiger partial charge is 0.431 e. The molecule has 5 rings (SSSR count). The standard InChI is InChI=1S/C26H25N3O3/c1-27(22-15-9-4-10-16-22)24(30)28-17-18-29-23(19-28)26(32-25(29)31,20-11-5-2-6-12-20)21-13-7-3-8-14-21/h2-16,23H,17-19H2,1H3. The minimum atomic E-state index is -0.982. The number of hydrogen-bond donors (Lipinski definition) is 0. The lowest BCUT2D eigenvalue weighted by molar-refractivity contribution is 0.0519. The molecule has 2 saturated heterocycles. The fraction of sp³-hybridized carbons (Fsp3) is 0.231. The van der Waals surface area contributed by atoms with Gasteiger partial charge in [-0.05, 0) is 12.1 Å². The van der Waals surface area contributed by atoms with Gasteiger partial charge in [0, 0.05) is 43.5 Å². The number of fused-ring (bicyclic) bond motifs is 1. The highest BCUT2D eigenvalue weighted by molar-refractivity contribution is 5.91. The summed E-state index contributed by atoms with van der Waals surface area (Å²) < 4.78 is 6.18. The number of piperazine rings is 1. The van der Waals surface area contributed by atoms with Gasteiger partial charge in [0.15, 0.2) is 5.60 Å². The fourth-order valence-corrected chi connectivity index (χ4v) is 4.80. The highest BCUT2D eigenvalue weighted by atomic mass is 16.6. The van der Waals surface area contributed by atoms with Gasteiger partial charge in [0.25, 0.3) is 0 Å². The van der Waals surface area contributed by atoms with Crippen molar-refractivity contribution in [2.45, 2.75) is 11.6 Å². The van der Waals surface area contributed by atoms with Crippen LogP contribution in [-0.2, 0) is 10.3 Å². The second kappa shape index (κ2) is 8.04. The van der Waals surface area contributed by atoms with Crippen molar-refractivity contribution >= 4 is 17.8 Å². The van der Waals surface area contributed by atoms with Gasteiger partial charge in [0.1, 0.15) is 6.04 Å². The molecule has 1 atom stereocenters. The first kappa shape index (κ1) is 20.1. The molecular formula is C26H25N3O3. The summed E-state index contributed by atoms with van der Waals surface area (Å²) in [4.78, 5) is 31.6. The van der Waals surface area contributed by atoms with Crippen molar-refractivity contribution < 1.29 is 14.3 Å². The second-order valence-corrected chi connectivity index (χ2v) is 8.17. The van der Waals surface area contributed by atoms with Gasteiger partial charge in [-0.2, -0.15) is 0 Å². The third kappa shape index (κ3) is 3.19. The number of rotatable bonds is 3. The van der Waals surface area contributed by atoms with Crippen LogP contribution in [0.25, 0.3) is 0 Å². The van der Waals surface area contributed by atoms with Crippen molar-refractivity contribution in [1.29, 1.82) is 0 Å². The molecule has 0 radical (unpaired) electrons. The van der Waals surface area contributed by atoms with Crippen LogP contribution in [0.4, 0.5) is 15.3 Å². The van der Waals surface area contributed by atoms with E-state index in [2.05, 4.69) is 0 Å². The molecule has 0 spiro atoms. The minimum Gasteiger partial charge on any atom is -0.431 e. The number of para-hydroxylation sites is 1. The molecule has 6 nitrogen and oxygen atoms in total. The van der Waals surface area contributed by atoms with Crippen molar-refractivity contribution in [3.05, 3.63) is 102 Å². The first-order chi connectivity index (χ1) is 15.6. The van der Waals surface area contributed by atoms with Gasteiger partial charge < -0.3 is 9.64 Å². The van der Waals surface area contributed by atoms with Crippen molar-refractivity contribution in [3.8, 4) is 0 Å². The van der Waals surface area contributed by atoms with Gasteiger partial charge in [-0.1, -0.05) is 78.9 Å². The van der Waals surface area contributed by atoms with Crippen molar-refractivity contribution in [1.82, 2.24) is 9.80 Å². The molecule has 0 bridgehead atoms.